The van der Waals surface area contributed by atoms with Gasteiger partial charge in [0.15, 0.2) is 0 Å². The lowest BCUT2D eigenvalue weighted by Gasteiger charge is -2.13. The Balaban J connectivity index is 1.86. The van der Waals surface area contributed by atoms with Gasteiger partial charge < -0.3 is 15.5 Å². The van der Waals surface area contributed by atoms with Crippen LogP contribution in [-0.2, 0) is 0 Å². The van der Waals surface area contributed by atoms with Gasteiger partial charge in [0.05, 0.1) is 11.4 Å². The topological polar surface area (TPSA) is 66.0 Å². The molecule has 0 aliphatic rings. The van der Waals surface area contributed by atoms with Crippen molar-refractivity contribution in [2.24, 2.45) is 0 Å². The lowest BCUT2D eigenvalue weighted by atomic mass is 10.1. The van der Waals surface area contributed by atoms with Gasteiger partial charge in [0, 0.05) is 24.5 Å². The van der Waals surface area contributed by atoms with Gasteiger partial charge in [-0.25, -0.2) is 4.98 Å². The first-order valence-corrected chi connectivity index (χ1v) is 9.54. The van der Waals surface area contributed by atoms with Crippen molar-refractivity contribution in [3.05, 3.63) is 59.8 Å². The van der Waals surface area contributed by atoms with Crippen LogP contribution in [0.2, 0.25) is 0 Å². The molecule has 6 heteroatoms. The third-order valence-corrected chi connectivity index (χ3v) is 4.21. The average molecular weight is 377 g/mol. The first kappa shape index (κ1) is 19.8. The summed E-state index contributed by atoms with van der Waals surface area (Å²) in [4.78, 5) is 15.9. The van der Waals surface area contributed by atoms with Crippen LogP contribution in [0.15, 0.2) is 48.7 Å². The van der Waals surface area contributed by atoms with Crippen molar-refractivity contribution in [1.29, 1.82) is 0 Å². The Bertz CT molecular complexity index is 888. The van der Waals surface area contributed by atoms with Gasteiger partial charge in [0.1, 0.15) is 5.82 Å². The van der Waals surface area contributed by atoms with Gasteiger partial charge in [-0.3, -0.25) is 4.98 Å². The molecule has 0 unspecified atom stereocenters. The van der Waals surface area contributed by atoms with Crippen molar-refractivity contribution in [1.82, 2.24) is 19.9 Å². The number of hydrogen-bond acceptors (Lipinski definition) is 6. The van der Waals surface area contributed by atoms with E-state index >= 15 is 0 Å². The SMILES string of the molecule is Cc1cc(C)cc(Nc2cc(-c3ccccn3)nc(NCCCN(C)C)n2)c1. The molecule has 0 aliphatic heterocycles. The summed E-state index contributed by atoms with van der Waals surface area (Å²) in [5.74, 6) is 1.35. The maximum atomic E-state index is 4.66. The maximum absolute atomic E-state index is 4.66. The van der Waals surface area contributed by atoms with E-state index in [-0.39, 0.29) is 0 Å². The van der Waals surface area contributed by atoms with Crippen LogP contribution < -0.4 is 10.6 Å². The number of nitrogens with zero attached hydrogens (tertiary/aromatic N) is 4. The molecule has 2 heterocycles. The van der Waals surface area contributed by atoms with Crippen LogP contribution in [-0.4, -0.2) is 47.0 Å². The minimum atomic E-state index is 0.605. The van der Waals surface area contributed by atoms with Crippen molar-refractivity contribution in [3.8, 4) is 11.4 Å². The number of benzene rings is 1. The second-order valence-electron chi connectivity index (χ2n) is 7.26. The van der Waals surface area contributed by atoms with Crippen LogP contribution in [0.25, 0.3) is 11.4 Å². The summed E-state index contributed by atoms with van der Waals surface area (Å²) in [6.45, 7) is 6.01. The molecule has 0 atom stereocenters. The molecule has 6 nitrogen and oxygen atoms in total. The fourth-order valence-electron chi connectivity index (χ4n) is 3.03. The molecule has 0 amide bonds. The van der Waals surface area contributed by atoms with Crippen molar-refractivity contribution in [3.63, 3.8) is 0 Å². The molecule has 2 aromatic heterocycles. The Hall–Kier alpha value is -2.99. The summed E-state index contributed by atoms with van der Waals surface area (Å²) in [7, 11) is 4.15. The molecule has 3 rings (SSSR count). The largest absolute Gasteiger partial charge is 0.354 e. The summed E-state index contributed by atoms with van der Waals surface area (Å²) >= 11 is 0. The highest BCUT2D eigenvalue weighted by atomic mass is 15.1. The number of nitrogens with one attached hydrogen (secondary N) is 2. The van der Waals surface area contributed by atoms with Crippen LogP contribution in [0.1, 0.15) is 17.5 Å². The highest BCUT2D eigenvalue weighted by molar-refractivity contribution is 5.65. The second kappa shape index (κ2) is 9.28. The Kier molecular flexibility index (Phi) is 6.55. The first-order valence-electron chi connectivity index (χ1n) is 9.54. The zero-order valence-electron chi connectivity index (χ0n) is 17.0. The third-order valence-electron chi connectivity index (χ3n) is 4.21. The van der Waals surface area contributed by atoms with Crippen LogP contribution in [0, 0.1) is 13.8 Å². The summed E-state index contributed by atoms with van der Waals surface area (Å²) in [6.07, 6.45) is 2.79. The van der Waals surface area contributed by atoms with E-state index in [9.17, 15) is 0 Å². The number of pyridine rings is 1. The second-order valence-corrected chi connectivity index (χ2v) is 7.26. The number of rotatable bonds is 8. The van der Waals surface area contributed by atoms with Gasteiger partial charge in [-0.2, -0.15) is 4.98 Å². The van der Waals surface area contributed by atoms with Gasteiger partial charge >= 0.3 is 0 Å². The quantitative estimate of drug-likeness (QED) is 0.573. The first-order chi connectivity index (χ1) is 13.5. The predicted molar refractivity (Wildman–Crippen MR) is 116 cm³/mol. The molecule has 0 saturated carbocycles. The van der Waals surface area contributed by atoms with Crippen LogP contribution >= 0.6 is 0 Å². The number of aromatic nitrogens is 3. The molecule has 1 aromatic carbocycles. The van der Waals surface area contributed by atoms with Crippen molar-refractivity contribution in [2.45, 2.75) is 20.3 Å². The molecule has 3 aromatic rings. The number of hydrogen-bond donors (Lipinski definition) is 2. The maximum Gasteiger partial charge on any atom is 0.225 e. The van der Waals surface area contributed by atoms with Crippen LogP contribution in [0.4, 0.5) is 17.5 Å². The fraction of sp³-hybridized carbons (Fsp3) is 0.318. The van der Waals surface area contributed by atoms with Crippen molar-refractivity contribution in [2.75, 3.05) is 37.8 Å². The van der Waals surface area contributed by atoms with Crippen molar-refractivity contribution < 1.29 is 0 Å². The van der Waals surface area contributed by atoms with E-state index in [4.69, 9.17) is 0 Å². The Labute approximate surface area is 167 Å². The number of anilines is 3. The van der Waals surface area contributed by atoms with E-state index in [1.54, 1.807) is 6.20 Å². The Morgan fingerprint density at radius 3 is 2.39 bits per heavy atom. The molecule has 0 radical (unpaired) electrons. The number of aryl methyl sites for hydroxylation is 2. The molecule has 28 heavy (non-hydrogen) atoms. The summed E-state index contributed by atoms with van der Waals surface area (Å²) in [5, 5.41) is 6.76. The summed E-state index contributed by atoms with van der Waals surface area (Å²) in [5.41, 5.74) is 5.05. The highest BCUT2D eigenvalue weighted by Crippen LogP contribution is 2.23. The molecule has 2 N–H and O–H groups in total. The molecule has 0 bridgehead atoms. The van der Waals surface area contributed by atoms with Gasteiger partial charge in [-0.05, 0) is 76.3 Å². The zero-order valence-corrected chi connectivity index (χ0v) is 17.0. The standard InChI is InChI=1S/C22H28N6/c1-16-12-17(2)14-18(13-16)25-21-15-20(19-8-5-6-9-23-19)26-22(27-21)24-10-7-11-28(3)4/h5-6,8-9,12-15H,7,10-11H2,1-4H3,(H2,24,25,26,27). The van der Waals surface area contributed by atoms with Gasteiger partial charge in [-0.15, -0.1) is 0 Å². The van der Waals surface area contributed by atoms with E-state index < -0.39 is 0 Å². The summed E-state index contributed by atoms with van der Waals surface area (Å²) < 4.78 is 0. The predicted octanol–water partition coefficient (Wildman–Crippen LogP) is 4.26. The van der Waals surface area contributed by atoms with E-state index in [2.05, 4.69) is 76.6 Å². The third kappa shape index (κ3) is 5.76. The Morgan fingerprint density at radius 1 is 0.929 bits per heavy atom. The molecule has 0 spiro atoms. The average Bonchev–Trinajstić information content (AvgIpc) is 2.65. The van der Waals surface area contributed by atoms with Gasteiger partial charge in [-0.1, -0.05) is 12.1 Å². The van der Waals surface area contributed by atoms with E-state index in [1.807, 2.05) is 24.3 Å². The molecule has 0 aliphatic carbocycles. The van der Waals surface area contributed by atoms with Crippen molar-refractivity contribution >= 4 is 17.5 Å². The smallest absolute Gasteiger partial charge is 0.225 e. The lowest BCUT2D eigenvalue weighted by molar-refractivity contribution is 0.405. The fourth-order valence-corrected chi connectivity index (χ4v) is 3.03. The molecular weight excluding hydrogens is 348 g/mol. The monoisotopic (exact) mass is 376 g/mol. The lowest BCUT2D eigenvalue weighted by Crippen LogP contribution is -2.17. The molecular formula is C22H28N6. The van der Waals surface area contributed by atoms with Gasteiger partial charge in [0.2, 0.25) is 5.95 Å². The molecule has 0 saturated heterocycles. The highest BCUT2D eigenvalue weighted by Gasteiger charge is 2.08. The van der Waals surface area contributed by atoms with Crippen LogP contribution in [0.3, 0.4) is 0 Å². The summed E-state index contributed by atoms with van der Waals surface area (Å²) in [6, 6.07) is 14.1. The Morgan fingerprint density at radius 2 is 1.71 bits per heavy atom. The zero-order chi connectivity index (χ0) is 19.9. The van der Waals surface area contributed by atoms with E-state index in [0.717, 1.165) is 42.4 Å². The molecule has 146 valence electrons. The van der Waals surface area contributed by atoms with E-state index in [0.29, 0.717) is 5.95 Å². The normalized spacial score (nSPS) is 10.9. The molecule has 0 fully saturated rings. The minimum Gasteiger partial charge on any atom is -0.354 e. The van der Waals surface area contributed by atoms with E-state index in [1.165, 1.54) is 11.1 Å². The van der Waals surface area contributed by atoms with Crippen LogP contribution in [0.5, 0.6) is 0 Å². The minimum absolute atomic E-state index is 0.605. The van der Waals surface area contributed by atoms with Gasteiger partial charge in [0.25, 0.3) is 0 Å².